The number of anilines is 6. The Morgan fingerprint density at radius 1 is 0.660 bits per heavy atom. The molecule has 0 radical (unpaired) electrons. The number of carbonyl (C=O) groups is 2. The minimum atomic E-state index is -0.437. The maximum Gasteiger partial charge on any atom is 0.341 e. The summed E-state index contributed by atoms with van der Waals surface area (Å²) in [6.45, 7) is 12.3. The normalized spacial score (nSPS) is 10.7. The second-order valence-corrected chi connectivity index (χ2v) is 10.8. The first kappa shape index (κ1) is 35.1. The fraction of sp³-hybridized carbons (Fsp3) is 0.278. The highest BCUT2D eigenvalue weighted by Crippen LogP contribution is 2.33. The molecule has 4 heterocycles. The molecule has 50 heavy (non-hydrogen) atoms. The average molecular weight is 679 g/mol. The average Bonchev–Trinajstić information content (AvgIpc) is 3.75. The molecule has 0 aliphatic carbocycles. The Morgan fingerprint density at radius 3 is 1.58 bits per heavy atom. The Hall–Kier alpha value is -6.18. The predicted molar refractivity (Wildman–Crippen MR) is 196 cm³/mol. The zero-order valence-corrected chi connectivity index (χ0v) is 28.9. The van der Waals surface area contributed by atoms with E-state index < -0.39 is 11.9 Å². The van der Waals surface area contributed by atoms with Crippen LogP contribution >= 0.6 is 0 Å². The van der Waals surface area contributed by atoms with Crippen LogP contribution < -0.4 is 21.7 Å². The highest BCUT2D eigenvalue weighted by atomic mass is 16.5. The summed E-state index contributed by atoms with van der Waals surface area (Å²) in [5, 5.41) is 20.2. The van der Waals surface area contributed by atoms with Crippen molar-refractivity contribution in [3.8, 4) is 0 Å². The van der Waals surface area contributed by atoms with Crippen molar-refractivity contribution in [2.75, 3.05) is 41.4 Å². The number of nitrogen functional groups attached to an aromatic ring is 1. The number of nitrogens with two attached hydrogens (primary N) is 1. The van der Waals surface area contributed by atoms with Crippen molar-refractivity contribution >= 4 is 68.1 Å². The Morgan fingerprint density at radius 2 is 1.12 bits per heavy atom. The van der Waals surface area contributed by atoms with Crippen LogP contribution in [-0.4, -0.2) is 61.2 Å². The Kier molecular flexibility index (Phi) is 11.4. The number of carbonyl (C=O) groups excluding carboxylic acids is 2. The molecule has 14 heteroatoms. The Balaban J connectivity index is 0.000000195. The summed E-state index contributed by atoms with van der Waals surface area (Å²) in [4.78, 5) is 33.5. The van der Waals surface area contributed by atoms with Crippen molar-refractivity contribution in [1.29, 1.82) is 0 Å². The van der Waals surface area contributed by atoms with Crippen molar-refractivity contribution in [3.63, 3.8) is 0 Å². The molecular formula is C36H42N10O4. The number of pyridine rings is 2. The maximum absolute atomic E-state index is 12.4. The summed E-state index contributed by atoms with van der Waals surface area (Å²) in [5.74, 6) is -0.845. The monoisotopic (exact) mass is 678 g/mol. The van der Waals surface area contributed by atoms with E-state index in [2.05, 4.69) is 36.1 Å². The molecule has 0 fully saturated rings. The third kappa shape index (κ3) is 7.43. The van der Waals surface area contributed by atoms with E-state index in [-0.39, 0.29) is 6.61 Å². The molecule has 0 atom stereocenters. The van der Waals surface area contributed by atoms with Gasteiger partial charge >= 0.3 is 11.9 Å². The van der Waals surface area contributed by atoms with Gasteiger partial charge in [0.2, 0.25) is 0 Å². The van der Waals surface area contributed by atoms with Gasteiger partial charge in [0.05, 0.1) is 70.5 Å². The van der Waals surface area contributed by atoms with E-state index in [1.54, 1.807) is 47.9 Å². The van der Waals surface area contributed by atoms with Crippen LogP contribution in [0.5, 0.6) is 0 Å². The molecule has 5 N–H and O–H groups in total. The molecule has 0 saturated heterocycles. The Bertz CT molecular complexity index is 2110. The molecule has 14 nitrogen and oxygen atoms in total. The van der Waals surface area contributed by atoms with Gasteiger partial charge in [0.15, 0.2) is 11.3 Å². The summed E-state index contributed by atoms with van der Waals surface area (Å²) < 4.78 is 13.9. The molecule has 6 aromatic rings. The summed E-state index contributed by atoms with van der Waals surface area (Å²) in [6, 6.07) is 15.2. The number of rotatable bonds is 12. The zero-order valence-electron chi connectivity index (χ0n) is 28.9. The number of aromatic nitrogens is 6. The molecule has 0 amide bonds. The molecule has 260 valence electrons. The second-order valence-electron chi connectivity index (χ2n) is 10.8. The lowest BCUT2D eigenvalue weighted by Gasteiger charge is -2.16. The number of ether oxygens (including phenoxy) is 2. The second kappa shape index (κ2) is 16.3. The number of hydrogen-bond donors (Lipinski definition) is 4. The van der Waals surface area contributed by atoms with E-state index in [1.165, 1.54) is 6.20 Å². The van der Waals surface area contributed by atoms with Gasteiger partial charge in [0.25, 0.3) is 0 Å². The lowest BCUT2D eigenvalue weighted by molar-refractivity contribution is 0.0517. The molecule has 0 aliphatic heterocycles. The quantitative estimate of drug-likeness (QED) is 0.0792. The van der Waals surface area contributed by atoms with Crippen LogP contribution in [-0.2, 0) is 22.6 Å². The van der Waals surface area contributed by atoms with E-state index in [0.717, 1.165) is 34.3 Å². The van der Waals surface area contributed by atoms with Crippen molar-refractivity contribution in [1.82, 2.24) is 29.5 Å². The first-order valence-corrected chi connectivity index (χ1v) is 16.6. The van der Waals surface area contributed by atoms with Crippen molar-refractivity contribution < 1.29 is 19.1 Å². The molecular weight excluding hydrogens is 636 g/mol. The lowest BCUT2D eigenvalue weighted by atomic mass is 10.1. The summed E-state index contributed by atoms with van der Waals surface area (Å²) in [5.41, 5.74) is 12.5. The van der Waals surface area contributed by atoms with Crippen molar-refractivity contribution in [2.24, 2.45) is 0 Å². The number of benzene rings is 2. The molecule has 2 aromatic carbocycles. The van der Waals surface area contributed by atoms with Gasteiger partial charge in [-0.3, -0.25) is 0 Å². The molecule has 0 spiro atoms. The van der Waals surface area contributed by atoms with Crippen molar-refractivity contribution in [3.05, 3.63) is 84.4 Å². The largest absolute Gasteiger partial charge is 0.462 e. The number of nitrogens with zero attached hydrogens (tertiary/aromatic N) is 6. The number of para-hydroxylation sites is 4. The fourth-order valence-electron chi connectivity index (χ4n) is 5.33. The number of nitrogens with one attached hydrogen (secondary N) is 3. The van der Waals surface area contributed by atoms with E-state index >= 15 is 0 Å². The van der Waals surface area contributed by atoms with Crippen LogP contribution in [0.4, 0.5) is 34.1 Å². The van der Waals surface area contributed by atoms with E-state index in [1.807, 2.05) is 63.2 Å². The third-order valence-corrected chi connectivity index (χ3v) is 7.70. The lowest BCUT2D eigenvalue weighted by Crippen LogP contribution is -2.10. The Labute approximate surface area is 290 Å². The van der Waals surface area contributed by atoms with Crippen LogP contribution in [0.1, 0.15) is 55.3 Å². The predicted octanol–water partition coefficient (Wildman–Crippen LogP) is 6.76. The SMILES string of the molecule is CCNc1ccccc1Nc1c(C(=O)OCC)cnc2c1cnn2CC.CCOC(=O)c1cnc2c(cnn2CC)c1Nc1ccccc1N. The minimum Gasteiger partial charge on any atom is -0.462 e. The number of fused-ring (bicyclic) bond motifs is 2. The van der Waals surface area contributed by atoms with Gasteiger partial charge in [-0.05, 0) is 58.9 Å². The molecule has 0 aliphatic rings. The maximum atomic E-state index is 12.4. The van der Waals surface area contributed by atoms with Gasteiger partial charge in [-0.15, -0.1) is 0 Å². The first-order chi connectivity index (χ1) is 24.3. The number of esters is 2. The smallest absolute Gasteiger partial charge is 0.341 e. The topological polar surface area (TPSA) is 176 Å². The summed E-state index contributed by atoms with van der Waals surface area (Å²) >= 11 is 0. The molecule has 4 aromatic heterocycles. The van der Waals surface area contributed by atoms with Crippen LogP contribution in [0.2, 0.25) is 0 Å². The van der Waals surface area contributed by atoms with Gasteiger partial charge in [0.1, 0.15) is 11.1 Å². The first-order valence-electron chi connectivity index (χ1n) is 16.6. The molecule has 6 rings (SSSR count). The standard InChI is InChI=1S/C19H23N5O2.C17H19N5O2/c1-4-20-15-9-7-8-10-16(15)23-17-13-12-22-24(5-2)18(13)21-11-14(17)19(25)26-6-3;1-3-22-16-11(10-20-22)15(12(9-19-16)17(23)24-4-2)21-14-8-6-5-7-13(14)18/h7-12,20H,4-6H2,1-3H3,(H,21,23);5-10H,3-4,18H2,1-2H3,(H,19,21). The zero-order chi connectivity index (χ0) is 35.6. The van der Waals surface area contributed by atoms with Gasteiger partial charge in [-0.25, -0.2) is 28.9 Å². The van der Waals surface area contributed by atoms with Crippen molar-refractivity contribution in [2.45, 2.75) is 47.7 Å². The van der Waals surface area contributed by atoms with E-state index in [0.29, 0.717) is 59.2 Å². The van der Waals surface area contributed by atoms with Crippen LogP contribution in [0.15, 0.2) is 73.3 Å². The van der Waals surface area contributed by atoms with Gasteiger partial charge < -0.3 is 31.2 Å². The summed E-state index contributed by atoms with van der Waals surface area (Å²) in [7, 11) is 0. The van der Waals surface area contributed by atoms with E-state index in [4.69, 9.17) is 15.2 Å². The van der Waals surface area contributed by atoms with E-state index in [9.17, 15) is 9.59 Å². The molecule has 0 saturated carbocycles. The van der Waals surface area contributed by atoms with Crippen LogP contribution in [0.25, 0.3) is 22.1 Å². The third-order valence-electron chi connectivity index (χ3n) is 7.70. The number of aryl methyl sites for hydroxylation is 2. The number of hydrogen-bond acceptors (Lipinski definition) is 12. The van der Waals surface area contributed by atoms with Gasteiger partial charge in [-0.1, -0.05) is 24.3 Å². The summed E-state index contributed by atoms with van der Waals surface area (Å²) in [6.07, 6.45) is 6.48. The van der Waals surface area contributed by atoms with Crippen LogP contribution in [0, 0.1) is 0 Å². The highest BCUT2D eigenvalue weighted by molar-refractivity contribution is 6.06. The highest BCUT2D eigenvalue weighted by Gasteiger charge is 2.21. The van der Waals surface area contributed by atoms with Gasteiger partial charge in [0, 0.05) is 32.0 Å². The van der Waals surface area contributed by atoms with Gasteiger partial charge in [-0.2, -0.15) is 10.2 Å². The molecule has 0 unspecified atom stereocenters. The van der Waals surface area contributed by atoms with Crippen LogP contribution in [0.3, 0.4) is 0 Å². The molecule has 0 bridgehead atoms. The fourth-order valence-corrected chi connectivity index (χ4v) is 5.33. The minimum absolute atomic E-state index is 0.290.